The van der Waals surface area contributed by atoms with Gasteiger partial charge in [-0.2, -0.15) is 0 Å². The summed E-state index contributed by atoms with van der Waals surface area (Å²) in [7, 11) is 0. The molecule has 2 aromatic carbocycles. The summed E-state index contributed by atoms with van der Waals surface area (Å²) in [5.74, 6) is 0.243. The Labute approximate surface area is 182 Å². The van der Waals surface area contributed by atoms with Crippen molar-refractivity contribution in [1.29, 1.82) is 0 Å². The molecule has 1 aromatic heterocycles. The van der Waals surface area contributed by atoms with E-state index in [0.717, 1.165) is 0 Å². The Balaban J connectivity index is 1.53. The molecule has 152 valence electrons. The molecule has 1 saturated heterocycles. The van der Waals surface area contributed by atoms with Gasteiger partial charge in [-0.3, -0.25) is 14.5 Å². The number of carbonyl (C=O) groups excluding carboxylic acids is 2. The Kier molecular flexibility index (Phi) is 6.21. The number of carbonyl (C=O) groups is 2. The van der Waals surface area contributed by atoms with Crippen LogP contribution in [-0.4, -0.2) is 27.1 Å². The highest BCUT2D eigenvalue weighted by Crippen LogP contribution is 2.33. The van der Waals surface area contributed by atoms with Gasteiger partial charge in [0, 0.05) is 17.1 Å². The maximum Gasteiger partial charge on any atom is 0.243 e. The smallest absolute Gasteiger partial charge is 0.243 e. The molecule has 1 N–H and O–H groups in total. The first kappa shape index (κ1) is 20.3. The van der Waals surface area contributed by atoms with Gasteiger partial charge in [-0.05, 0) is 48.5 Å². The normalized spacial score (nSPS) is 17.5. The SMILES string of the molecule is O=C(C[C@@H]1SC(=Nc2ccc(Cl)cc2)N(Cc2ccco2)C1=O)Nc1ccccc1. The molecule has 2 amide bonds. The van der Waals surface area contributed by atoms with Gasteiger partial charge in [0.25, 0.3) is 0 Å². The second kappa shape index (κ2) is 9.19. The second-order valence-corrected chi connectivity index (χ2v) is 8.21. The number of para-hydroxylation sites is 1. The number of nitrogens with one attached hydrogen (secondary N) is 1. The summed E-state index contributed by atoms with van der Waals surface area (Å²) in [5.41, 5.74) is 1.37. The maximum absolute atomic E-state index is 13.1. The predicted molar refractivity (Wildman–Crippen MR) is 119 cm³/mol. The minimum Gasteiger partial charge on any atom is -0.467 e. The monoisotopic (exact) mass is 439 g/mol. The lowest BCUT2D eigenvalue weighted by Gasteiger charge is -2.15. The third-order valence-corrected chi connectivity index (χ3v) is 5.82. The zero-order valence-electron chi connectivity index (χ0n) is 15.8. The van der Waals surface area contributed by atoms with E-state index in [2.05, 4.69) is 10.3 Å². The Morgan fingerprint density at radius 1 is 1.10 bits per heavy atom. The molecular formula is C22H18ClN3O3S. The van der Waals surface area contributed by atoms with Crippen molar-refractivity contribution in [2.75, 3.05) is 5.32 Å². The number of furan rings is 1. The molecule has 30 heavy (non-hydrogen) atoms. The molecule has 1 atom stereocenters. The van der Waals surface area contributed by atoms with Crippen molar-refractivity contribution in [2.24, 2.45) is 4.99 Å². The quantitative estimate of drug-likeness (QED) is 0.580. The topological polar surface area (TPSA) is 74.9 Å². The molecule has 0 aliphatic carbocycles. The summed E-state index contributed by atoms with van der Waals surface area (Å²) >= 11 is 7.22. The van der Waals surface area contributed by atoms with E-state index in [0.29, 0.717) is 27.3 Å². The predicted octanol–water partition coefficient (Wildman–Crippen LogP) is 5.09. The Hall–Kier alpha value is -3.03. The Morgan fingerprint density at radius 2 is 1.87 bits per heavy atom. The highest BCUT2D eigenvalue weighted by Gasteiger charge is 2.39. The fourth-order valence-electron chi connectivity index (χ4n) is 2.96. The maximum atomic E-state index is 13.1. The van der Waals surface area contributed by atoms with Gasteiger partial charge in [0.05, 0.1) is 18.5 Å². The summed E-state index contributed by atoms with van der Waals surface area (Å²) in [6.07, 6.45) is 1.61. The van der Waals surface area contributed by atoms with Crippen LogP contribution in [0, 0.1) is 0 Å². The second-order valence-electron chi connectivity index (χ2n) is 6.60. The van der Waals surface area contributed by atoms with Gasteiger partial charge in [0.15, 0.2) is 5.17 Å². The van der Waals surface area contributed by atoms with E-state index in [1.807, 2.05) is 18.2 Å². The van der Waals surface area contributed by atoms with Crippen LogP contribution in [-0.2, 0) is 16.1 Å². The Bertz CT molecular complexity index is 1050. The van der Waals surface area contributed by atoms with E-state index in [1.54, 1.807) is 59.7 Å². The van der Waals surface area contributed by atoms with Gasteiger partial charge in [-0.15, -0.1) is 0 Å². The van der Waals surface area contributed by atoms with Crippen molar-refractivity contribution in [3.8, 4) is 0 Å². The first-order chi connectivity index (χ1) is 14.6. The van der Waals surface area contributed by atoms with Crippen LogP contribution in [0.5, 0.6) is 0 Å². The summed E-state index contributed by atoms with van der Waals surface area (Å²) < 4.78 is 5.40. The number of aliphatic imine (C=N–C) groups is 1. The number of rotatable bonds is 6. The van der Waals surface area contributed by atoms with Crippen LogP contribution in [0.1, 0.15) is 12.2 Å². The minimum absolute atomic E-state index is 0.0483. The summed E-state index contributed by atoms with van der Waals surface area (Å²) in [6.45, 7) is 0.252. The van der Waals surface area contributed by atoms with Crippen molar-refractivity contribution in [1.82, 2.24) is 4.90 Å². The fraction of sp³-hybridized carbons (Fsp3) is 0.136. The van der Waals surface area contributed by atoms with Crippen LogP contribution in [0.2, 0.25) is 5.02 Å². The van der Waals surface area contributed by atoms with Gasteiger partial charge in [-0.1, -0.05) is 41.6 Å². The third kappa shape index (κ3) is 4.93. The standard InChI is InChI=1S/C22H18ClN3O3S/c23-15-8-10-17(11-9-15)25-22-26(14-18-7-4-12-29-18)21(28)19(30-22)13-20(27)24-16-5-2-1-3-6-16/h1-12,19H,13-14H2,(H,24,27)/t19-/m0/s1. The first-order valence-corrected chi connectivity index (χ1v) is 10.5. The number of benzene rings is 2. The van der Waals surface area contributed by atoms with Crippen LogP contribution in [0.15, 0.2) is 82.4 Å². The third-order valence-electron chi connectivity index (χ3n) is 4.39. The van der Waals surface area contributed by atoms with Crippen molar-refractivity contribution in [3.63, 3.8) is 0 Å². The highest BCUT2D eigenvalue weighted by molar-refractivity contribution is 8.15. The fourth-order valence-corrected chi connectivity index (χ4v) is 4.24. The number of hydrogen-bond donors (Lipinski definition) is 1. The molecule has 2 heterocycles. The molecule has 3 aromatic rings. The first-order valence-electron chi connectivity index (χ1n) is 9.28. The van der Waals surface area contributed by atoms with Gasteiger partial charge in [0.1, 0.15) is 11.0 Å². The lowest BCUT2D eigenvalue weighted by atomic mass is 10.2. The zero-order chi connectivity index (χ0) is 20.9. The summed E-state index contributed by atoms with van der Waals surface area (Å²) in [6, 6.07) is 19.8. The zero-order valence-corrected chi connectivity index (χ0v) is 17.4. The minimum atomic E-state index is -0.560. The van der Waals surface area contributed by atoms with E-state index in [9.17, 15) is 9.59 Å². The molecule has 4 rings (SSSR count). The molecular weight excluding hydrogens is 422 g/mol. The number of thioether (sulfide) groups is 1. The molecule has 0 spiro atoms. The molecule has 1 aliphatic rings. The van der Waals surface area contributed by atoms with Crippen LogP contribution in [0.4, 0.5) is 11.4 Å². The molecule has 1 fully saturated rings. The van der Waals surface area contributed by atoms with Crippen molar-refractivity contribution in [2.45, 2.75) is 18.2 Å². The number of nitrogens with zero attached hydrogens (tertiary/aromatic N) is 2. The molecule has 6 nitrogen and oxygen atoms in total. The van der Waals surface area contributed by atoms with Crippen molar-refractivity contribution >= 4 is 51.7 Å². The lowest BCUT2D eigenvalue weighted by Crippen LogP contribution is -2.33. The Morgan fingerprint density at radius 3 is 2.57 bits per heavy atom. The number of amides is 2. The van der Waals surface area contributed by atoms with E-state index >= 15 is 0 Å². The van der Waals surface area contributed by atoms with E-state index in [1.165, 1.54) is 11.8 Å². The van der Waals surface area contributed by atoms with Crippen LogP contribution < -0.4 is 5.32 Å². The molecule has 1 aliphatic heterocycles. The molecule has 0 bridgehead atoms. The van der Waals surface area contributed by atoms with Crippen LogP contribution in [0.3, 0.4) is 0 Å². The van der Waals surface area contributed by atoms with Crippen LogP contribution >= 0.6 is 23.4 Å². The average molecular weight is 440 g/mol. The molecule has 8 heteroatoms. The summed E-state index contributed by atoms with van der Waals surface area (Å²) in [5, 5.41) is 3.40. The van der Waals surface area contributed by atoms with Gasteiger partial charge in [-0.25, -0.2) is 4.99 Å². The van der Waals surface area contributed by atoms with Crippen molar-refractivity contribution < 1.29 is 14.0 Å². The average Bonchev–Trinajstić information content (AvgIpc) is 3.35. The van der Waals surface area contributed by atoms with Gasteiger partial charge in [0.2, 0.25) is 11.8 Å². The number of hydrogen-bond acceptors (Lipinski definition) is 5. The van der Waals surface area contributed by atoms with Crippen molar-refractivity contribution in [3.05, 3.63) is 83.8 Å². The van der Waals surface area contributed by atoms with Gasteiger partial charge < -0.3 is 9.73 Å². The summed E-state index contributed by atoms with van der Waals surface area (Å²) in [4.78, 5) is 31.7. The van der Waals surface area contributed by atoms with Gasteiger partial charge >= 0.3 is 0 Å². The van der Waals surface area contributed by atoms with E-state index in [4.69, 9.17) is 16.0 Å². The van der Waals surface area contributed by atoms with Crippen LogP contribution in [0.25, 0.3) is 0 Å². The lowest BCUT2D eigenvalue weighted by molar-refractivity contribution is -0.128. The molecule has 0 radical (unpaired) electrons. The molecule has 0 saturated carbocycles. The largest absolute Gasteiger partial charge is 0.467 e. The number of halogens is 1. The van der Waals surface area contributed by atoms with E-state index in [-0.39, 0.29) is 24.8 Å². The highest BCUT2D eigenvalue weighted by atomic mass is 35.5. The van der Waals surface area contributed by atoms with E-state index < -0.39 is 5.25 Å². The number of anilines is 1. The number of amidine groups is 1. The molecule has 0 unspecified atom stereocenters.